The highest BCUT2D eigenvalue weighted by atomic mass is 32.1. The normalized spacial score (nSPS) is 7.60. The van der Waals surface area contributed by atoms with Gasteiger partial charge in [0.05, 0.1) is 58.2 Å². The summed E-state index contributed by atoms with van der Waals surface area (Å²) in [7, 11) is 0. The molecule has 0 amide bonds. The average molecular weight is 776 g/mol. The summed E-state index contributed by atoms with van der Waals surface area (Å²) in [5.41, 5.74) is 3.28. The Morgan fingerprint density at radius 1 is 0.280 bits per heavy atom. The van der Waals surface area contributed by atoms with Crippen LogP contribution in [0.25, 0.3) is 0 Å². The standard InChI is InChI=1S/5C7H5NS.5FH/c5*8-5-6-2-1-3-7(9)4-6;;;;;/h5*1-4,9H;5*1H. The lowest BCUT2D eigenvalue weighted by Crippen LogP contribution is -1.70. The lowest BCUT2D eigenvalue weighted by atomic mass is 10.2. The van der Waals surface area contributed by atoms with Crippen LogP contribution >= 0.6 is 63.1 Å². The van der Waals surface area contributed by atoms with E-state index in [1.165, 1.54) is 0 Å². The lowest BCUT2D eigenvalue weighted by Gasteiger charge is -1.87. The second-order valence-electron chi connectivity index (χ2n) is 8.31. The number of nitrogens with zero attached hydrogens (tertiary/aromatic N) is 5. The largest absolute Gasteiger partial charge is 0.269 e. The van der Waals surface area contributed by atoms with Crippen LogP contribution in [0.5, 0.6) is 0 Å². The predicted octanol–water partition coefficient (Wildman–Crippen LogP) is 10.00. The van der Waals surface area contributed by atoms with Gasteiger partial charge in [0, 0.05) is 24.5 Å². The topological polar surface area (TPSA) is 119 Å². The Labute approximate surface area is 315 Å². The van der Waals surface area contributed by atoms with Gasteiger partial charge in [0.1, 0.15) is 0 Å². The van der Waals surface area contributed by atoms with E-state index in [0.717, 1.165) is 24.5 Å². The first-order valence-corrected chi connectivity index (χ1v) is 14.8. The van der Waals surface area contributed by atoms with Crippen molar-refractivity contribution < 1.29 is 23.5 Å². The van der Waals surface area contributed by atoms with Crippen molar-refractivity contribution in [1.82, 2.24) is 0 Å². The molecule has 5 aromatic carbocycles. The van der Waals surface area contributed by atoms with Crippen LogP contribution in [0.3, 0.4) is 0 Å². The molecule has 0 aliphatic carbocycles. The number of hydrogen-bond acceptors (Lipinski definition) is 10. The van der Waals surface area contributed by atoms with Crippen LogP contribution in [-0.4, -0.2) is 0 Å². The molecule has 0 fully saturated rings. The maximum atomic E-state index is 8.38. The summed E-state index contributed by atoms with van der Waals surface area (Å²) < 4.78 is 0. The molecule has 0 aromatic heterocycles. The fraction of sp³-hybridized carbons (Fsp3) is 0. The van der Waals surface area contributed by atoms with E-state index < -0.39 is 0 Å². The van der Waals surface area contributed by atoms with E-state index in [0.29, 0.717) is 27.8 Å². The number of hydrogen-bond donors (Lipinski definition) is 5. The molecule has 0 bridgehead atoms. The zero-order chi connectivity index (χ0) is 33.5. The van der Waals surface area contributed by atoms with Crippen LogP contribution in [0.15, 0.2) is 146 Å². The lowest BCUT2D eigenvalue weighted by molar-refractivity contribution is 1.11. The van der Waals surface area contributed by atoms with Crippen molar-refractivity contribution in [2.45, 2.75) is 24.5 Å². The fourth-order valence-corrected chi connectivity index (χ4v) is 4.00. The molecule has 0 heterocycles. The Morgan fingerprint density at radius 2 is 0.420 bits per heavy atom. The van der Waals surface area contributed by atoms with Crippen molar-refractivity contribution in [3.63, 3.8) is 0 Å². The smallest absolute Gasteiger partial charge is 0.0992 e. The van der Waals surface area contributed by atoms with E-state index in [1.54, 1.807) is 91.0 Å². The first kappa shape index (κ1) is 54.4. The third kappa shape index (κ3) is 25.0. The van der Waals surface area contributed by atoms with Crippen molar-refractivity contribution in [2.24, 2.45) is 0 Å². The number of halogens is 5. The highest BCUT2D eigenvalue weighted by molar-refractivity contribution is 7.81. The molecule has 0 saturated heterocycles. The van der Waals surface area contributed by atoms with E-state index >= 15 is 0 Å². The molecule has 5 rings (SSSR count). The zero-order valence-electron chi connectivity index (χ0n) is 25.6. The fourth-order valence-electron chi connectivity index (χ4n) is 2.88. The van der Waals surface area contributed by atoms with Gasteiger partial charge in [-0.2, -0.15) is 26.3 Å². The molecule has 50 heavy (non-hydrogen) atoms. The molecular formula is C35H30F5N5S5. The SMILES string of the molecule is F.F.F.F.F.N#Cc1cccc(S)c1.N#Cc1cccc(S)c1.N#Cc1cccc(S)c1.N#Cc1cccc(S)c1.N#Cc1cccc(S)c1. The van der Waals surface area contributed by atoms with Crippen LogP contribution in [0.2, 0.25) is 0 Å². The van der Waals surface area contributed by atoms with Crippen molar-refractivity contribution in [1.29, 1.82) is 26.3 Å². The number of thiol groups is 5. The molecule has 0 aliphatic heterocycles. The molecule has 5 nitrogen and oxygen atoms in total. The van der Waals surface area contributed by atoms with E-state index in [4.69, 9.17) is 26.3 Å². The Hall–Kier alpha value is -5.05. The molecule has 0 aliphatic rings. The molecule has 15 heteroatoms. The van der Waals surface area contributed by atoms with Gasteiger partial charge in [0.25, 0.3) is 0 Å². The zero-order valence-corrected chi connectivity index (χ0v) is 30.0. The van der Waals surface area contributed by atoms with Crippen molar-refractivity contribution >= 4 is 63.1 Å². The van der Waals surface area contributed by atoms with Gasteiger partial charge in [-0.15, -0.1) is 63.1 Å². The molecule has 0 unspecified atom stereocenters. The third-order valence-corrected chi connectivity index (χ3v) is 6.27. The van der Waals surface area contributed by atoms with Gasteiger partial charge >= 0.3 is 0 Å². The summed E-state index contributed by atoms with van der Waals surface area (Å²) in [6, 6.07) is 45.7. The van der Waals surface area contributed by atoms with Gasteiger partial charge in [-0.3, -0.25) is 23.5 Å². The summed E-state index contributed by atoms with van der Waals surface area (Å²) in [6.45, 7) is 0. The number of nitriles is 5. The van der Waals surface area contributed by atoms with Crippen LogP contribution in [0, 0.1) is 56.7 Å². The minimum atomic E-state index is 0. The first-order chi connectivity index (χ1) is 21.6. The van der Waals surface area contributed by atoms with Gasteiger partial charge in [-0.1, -0.05) is 30.3 Å². The van der Waals surface area contributed by atoms with Crippen molar-refractivity contribution in [3.05, 3.63) is 149 Å². The van der Waals surface area contributed by atoms with E-state index in [-0.39, 0.29) is 23.5 Å². The highest BCUT2D eigenvalue weighted by Gasteiger charge is 1.89. The van der Waals surface area contributed by atoms with E-state index in [2.05, 4.69) is 63.1 Å². The molecule has 0 radical (unpaired) electrons. The molecule has 0 N–H and O–H groups in total. The van der Waals surface area contributed by atoms with E-state index in [1.807, 2.05) is 60.7 Å². The minimum Gasteiger partial charge on any atom is -0.269 e. The van der Waals surface area contributed by atoms with Gasteiger partial charge in [-0.05, 0) is 91.0 Å². The molecular weight excluding hydrogens is 746 g/mol. The van der Waals surface area contributed by atoms with Crippen LogP contribution in [0.1, 0.15) is 27.8 Å². The van der Waals surface area contributed by atoms with Gasteiger partial charge in [0.15, 0.2) is 0 Å². The first-order valence-electron chi connectivity index (χ1n) is 12.6. The van der Waals surface area contributed by atoms with Gasteiger partial charge < -0.3 is 0 Å². The van der Waals surface area contributed by atoms with E-state index in [9.17, 15) is 0 Å². The highest BCUT2D eigenvalue weighted by Crippen LogP contribution is 2.09. The minimum absolute atomic E-state index is 0. The number of benzene rings is 5. The van der Waals surface area contributed by atoms with Gasteiger partial charge in [-0.25, -0.2) is 0 Å². The molecule has 0 atom stereocenters. The number of rotatable bonds is 0. The second kappa shape index (κ2) is 32.5. The monoisotopic (exact) mass is 775 g/mol. The second-order valence-corrected chi connectivity index (χ2v) is 10.9. The Morgan fingerprint density at radius 3 is 0.500 bits per heavy atom. The predicted molar refractivity (Wildman–Crippen MR) is 205 cm³/mol. The van der Waals surface area contributed by atoms with Crippen LogP contribution < -0.4 is 0 Å². The summed E-state index contributed by atoms with van der Waals surface area (Å²) in [5, 5.41) is 41.9. The Balaban J connectivity index is -0.000000165. The average Bonchev–Trinajstić information content (AvgIpc) is 3.06. The summed E-state index contributed by atoms with van der Waals surface area (Å²) in [5.74, 6) is 0. The Kier molecular flexibility index (Phi) is 35.4. The summed E-state index contributed by atoms with van der Waals surface area (Å²) >= 11 is 20.3. The maximum Gasteiger partial charge on any atom is 0.0992 e. The van der Waals surface area contributed by atoms with Crippen LogP contribution in [0.4, 0.5) is 23.5 Å². The summed E-state index contributed by atoms with van der Waals surface area (Å²) in [6.07, 6.45) is 0. The molecule has 260 valence electrons. The van der Waals surface area contributed by atoms with Crippen molar-refractivity contribution in [3.8, 4) is 30.3 Å². The molecule has 5 aromatic rings. The molecule has 0 spiro atoms. The Bertz CT molecular complexity index is 1590. The van der Waals surface area contributed by atoms with Crippen molar-refractivity contribution in [2.75, 3.05) is 0 Å². The maximum absolute atomic E-state index is 8.38. The van der Waals surface area contributed by atoms with Gasteiger partial charge in [0.2, 0.25) is 0 Å². The molecule has 0 saturated carbocycles. The third-order valence-electron chi connectivity index (χ3n) is 4.88. The quantitative estimate of drug-likeness (QED) is 0.0793. The van der Waals surface area contributed by atoms with Crippen LogP contribution in [-0.2, 0) is 0 Å². The summed E-state index contributed by atoms with van der Waals surface area (Å²) in [4.78, 5) is 4.14.